The zero-order valence-corrected chi connectivity index (χ0v) is 14.5. The Labute approximate surface area is 141 Å². The fraction of sp³-hybridized carbons (Fsp3) is 0.412. The molecule has 6 heteroatoms. The monoisotopic (exact) mass is 333 g/mol. The SMILES string of the molecule is COc1ccc(CN2CC(C)(C)c3c(Cl)ncnc32)c(OC)c1. The lowest BCUT2D eigenvalue weighted by Crippen LogP contribution is -2.28. The van der Waals surface area contributed by atoms with Gasteiger partial charge in [0.1, 0.15) is 28.8 Å². The van der Waals surface area contributed by atoms with Gasteiger partial charge in [0, 0.05) is 35.7 Å². The highest BCUT2D eigenvalue weighted by Crippen LogP contribution is 2.43. The Hall–Kier alpha value is -2.01. The van der Waals surface area contributed by atoms with Crippen LogP contribution in [0.1, 0.15) is 25.0 Å². The lowest BCUT2D eigenvalue weighted by molar-refractivity contribution is 0.390. The van der Waals surface area contributed by atoms with Gasteiger partial charge in [0.15, 0.2) is 0 Å². The first-order valence-corrected chi connectivity index (χ1v) is 7.81. The molecule has 1 aliphatic rings. The van der Waals surface area contributed by atoms with Crippen molar-refractivity contribution in [2.24, 2.45) is 0 Å². The molecule has 0 spiro atoms. The molecule has 23 heavy (non-hydrogen) atoms. The maximum absolute atomic E-state index is 6.30. The summed E-state index contributed by atoms with van der Waals surface area (Å²) >= 11 is 6.30. The van der Waals surface area contributed by atoms with Gasteiger partial charge in [0.2, 0.25) is 0 Å². The Morgan fingerprint density at radius 1 is 1.22 bits per heavy atom. The van der Waals surface area contributed by atoms with Crippen molar-refractivity contribution in [2.45, 2.75) is 25.8 Å². The number of anilines is 1. The predicted molar refractivity (Wildman–Crippen MR) is 90.7 cm³/mol. The first kappa shape index (κ1) is 15.9. The molecule has 0 radical (unpaired) electrons. The molecule has 0 atom stereocenters. The van der Waals surface area contributed by atoms with Gasteiger partial charge in [-0.15, -0.1) is 0 Å². The number of halogens is 1. The van der Waals surface area contributed by atoms with E-state index in [1.807, 2.05) is 18.2 Å². The molecular formula is C17H20ClN3O2. The Morgan fingerprint density at radius 2 is 2.00 bits per heavy atom. The van der Waals surface area contributed by atoms with Crippen LogP contribution in [0.25, 0.3) is 0 Å². The van der Waals surface area contributed by atoms with Crippen molar-refractivity contribution in [2.75, 3.05) is 25.7 Å². The van der Waals surface area contributed by atoms with Crippen molar-refractivity contribution >= 4 is 17.4 Å². The number of nitrogens with zero attached hydrogens (tertiary/aromatic N) is 3. The van der Waals surface area contributed by atoms with E-state index in [0.717, 1.165) is 35.0 Å². The molecule has 1 aliphatic heterocycles. The third-order valence-corrected chi connectivity index (χ3v) is 4.49. The molecule has 122 valence electrons. The maximum Gasteiger partial charge on any atom is 0.138 e. The summed E-state index contributed by atoms with van der Waals surface area (Å²) in [5, 5.41) is 0.532. The van der Waals surface area contributed by atoms with Crippen LogP contribution in [0.3, 0.4) is 0 Å². The fourth-order valence-corrected chi connectivity index (χ4v) is 3.51. The minimum atomic E-state index is -0.0899. The second-order valence-electron chi connectivity index (χ2n) is 6.28. The molecule has 0 N–H and O–H groups in total. The van der Waals surface area contributed by atoms with Crippen molar-refractivity contribution in [3.63, 3.8) is 0 Å². The van der Waals surface area contributed by atoms with Gasteiger partial charge < -0.3 is 14.4 Å². The zero-order chi connectivity index (χ0) is 16.6. The van der Waals surface area contributed by atoms with Crippen molar-refractivity contribution < 1.29 is 9.47 Å². The van der Waals surface area contributed by atoms with E-state index < -0.39 is 0 Å². The van der Waals surface area contributed by atoms with Gasteiger partial charge in [0.05, 0.1) is 14.2 Å². The average molecular weight is 334 g/mol. The van der Waals surface area contributed by atoms with Crippen molar-refractivity contribution in [1.29, 1.82) is 0 Å². The van der Waals surface area contributed by atoms with E-state index in [1.54, 1.807) is 14.2 Å². The minimum Gasteiger partial charge on any atom is -0.497 e. The molecule has 0 saturated heterocycles. The molecule has 0 saturated carbocycles. The van der Waals surface area contributed by atoms with Crippen LogP contribution in [0.5, 0.6) is 11.5 Å². The van der Waals surface area contributed by atoms with Gasteiger partial charge in [-0.2, -0.15) is 0 Å². The van der Waals surface area contributed by atoms with E-state index in [4.69, 9.17) is 21.1 Å². The van der Waals surface area contributed by atoms with Crippen LogP contribution in [0, 0.1) is 0 Å². The van der Waals surface area contributed by atoms with E-state index in [-0.39, 0.29) is 5.41 Å². The van der Waals surface area contributed by atoms with Crippen LogP contribution in [-0.2, 0) is 12.0 Å². The Balaban J connectivity index is 1.96. The number of hydrogen-bond donors (Lipinski definition) is 0. The number of hydrogen-bond acceptors (Lipinski definition) is 5. The second-order valence-corrected chi connectivity index (χ2v) is 6.64. The van der Waals surface area contributed by atoms with Crippen LogP contribution in [0.2, 0.25) is 5.15 Å². The lowest BCUT2D eigenvalue weighted by Gasteiger charge is -2.22. The molecular weight excluding hydrogens is 314 g/mol. The minimum absolute atomic E-state index is 0.0899. The smallest absolute Gasteiger partial charge is 0.138 e. The summed E-state index contributed by atoms with van der Waals surface area (Å²) in [6.07, 6.45) is 1.51. The summed E-state index contributed by atoms with van der Waals surface area (Å²) in [7, 11) is 3.31. The molecule has 0 unspecified atom stereocenters. The molecule has 1 aromatic carbocycles. The largest absolute Gasteiger partial charge is 0.497 e. The quantitative estimate of drug-likeness (QED) is 0.802. The van der Waals surface area contributed by atoms with Gasteiger partial charge in [-0.05, 0) is 12.1 Å². The first-order valence-electron chi connectivity index (χ1n) is 7.43. The van der Waals surface area contributed by atoms with Gasteiger partial charge in [0.25, 0.3) is 0 Å². The topological polar surface area (TPSA) is 47.5 Å². The van der Waals surface area contributed by atoms with Crippen LogP contribution < -0.4 is 14.4 Å². The van der Waals surface area contributed by atoms with Gasteiger partial charge in [-0.3, -0.25) is 0 Å². The number of rotatable bonds is 4. The normalized spacial score (nSPS) is 15.4. The highest BCUT2D eigenvalue weighted by molar-refractivity contribution is 6.30. The maximum atomic E-state index is 6.30. The molecule has 0 fully saturated rings. The van der Waals surface area contributed by atoms with Gasteiger partial charge in [-0.1, -0.05) is 25.4 Å². The molecule has 0 amide bonds. The van der Waals surface area contributed by atoms with Gasteiger partial charge >= 0.3 is 0 Å². The zero-order valence-electron chi connectivity index (χ0n) is 13.8. The van der Waals surface area contributed by atoms with Crippen LogP contribution in [0.15, 0.2) is 24.5 Å². The number of methoxy groups -OCH3 is 2. The average Bonchev–Trinajstić information content (AvgIpc) is 2.79. The lowest BCUT2D eigenvalue weighted by atomic mass is 9.89. The van der Waals surface area contributed by atoms with Gasteiger partial charge in [-0.25, -0.2) is 9.97 Å². The molecule has 0 aliphatic carbocycles. The molecule has 5 nitrogen and oxygen atoms in total. The summed E-state index contributed by atoms with van der Waals surface area (Å²) in [5.74, 6) is 2.47. The summed E-state index contributed by atoms with van der Waals surface area (Å²) in [4.78, 5) is 10.8. The summed E-state index contributed by atoms with van der Waals surface area (Å²) in [6, 6.07) is 5.85. The standard InChI is InChI=1S/C17H20ClN3O2/c1-17(2)9-21(16-14(17)15(18)19-10-20-16)8-11-5-6-12(22-3)7-13(11)23-4/h5-7,10H,8-9H2,1-4H3. The number of benzene rings is 1. The molecule has 2 heterocycles. The number of fused-ring (bicyclic) bond motifs is 1. The van der Waals surface area contributed by atoms with Crippen LogP contribution in [-0.4, -0.2) is 30.7 Å². The molecule has 1 aromatic heterocycles. The number of aromatic nitrogens is 2. The van der Waals surface area contributed by atoms with E-state index >= 15 is 0 Å². The van der Waals surface area contributed by atoms with Crippen molar-refractivity contribution in [3.05, 3.63) is 40.8 Å². The third kappa shape index (κ3) is 2.81. The Bertz CT molecular complexity index is 734. The highest BCUT2D eigenvalue weighted by atomic mass is 35.5. The fourth-order valence-electron chi connectivity index (χ4n) is 3.13. The molecule has 0 bridgehead atoms. The van der Waals surface area contributed by atoms with Crippen molar-refractivity contribution in [3.8, 4) is 11.5 Å². The van der Waals surface area contributed by atoms with E-state index in [2.05, 4.69) is 28.7 Å². The predicted octanol–water partition coefficient (Wildman–Crippen LogP) is 3.45. The Morgan fingerprint density at radius 3 is 2.70 bits per heavy atom. The number of ether oxygens (including phenoxy) is 2. The third-order valence-electron chi connectivity index (χ3n) is 4.20. The molecule has 2 aromatic rings. The van der Waals surface area contributed by atoms with Crippen molar-refractivity contribution in [1.82, 2.24) is 9.97 Å². The second kappa shape index (κ2) is 5.89. The first-order chi connectivity index (χ1) is 11.0. The summed E-state index contributed by atoms with van der Waals surface area (Å²) in [6.45, 7) is 5.84. The van der Waals surface area contributed by atoms with Crippen LogP contribution in [0.4, 0.5) is 5.82 Å². The molecule has 3 rings (SSSR count). The summed E-state index contributed by atoms with van der Waals surface area (Å²) < 4.78 is 10.8. The van der Waals surface area contributed by atoms with Crippen LogP contribution >= 0.6 is 11.6 Å². The van der Waals surface area contributed by atoms with E-state index in [9.17, 15) is 0 Å². The Kier molecular flexibility index (Phi) is 4.06. The highest BCUT2D eigenvalue weighted by Gasteiger charge is 2.38. The summed E-state index contributed by atoms with van der Waals surface area (Å²) in [5.41, 5.74) is 1.99. The van der Waals surface area contributed by atoms with E-state index in [0.29, 0.717) is 11.7 Å². The van der Waals surface area contributed by atoms with E-state index in [1.165, 1.54) is 6.33 Å².